The van der Waals surface area contributed by atoms with Crippen molar-refractivity contribution in [3.8, 4) is 0 Å². The van der Waals surface area contributed by atoms with Gasteiger partial charge in [0.2, 0.25) is 0 Å². The van der Waals surface area contributed by atoms with Gasteiger partial charge in [0.1, 0.15) is 5.70 Å². The lowest BCUT2D eigenvalue weighted by atomic mass is 9.99. The van der Waals surface area contributed by atoms with E-state index in [-0.39, 0.29) is 11.8 Å². The van der Waals surface area contributed by atoms with Crippen molar-refractivity contribution in [2.45, 2.75) is 41.5 Å². The molecule has 0 radical (unpaired) electrons. The molecule has 162 valence electrons. The zero-order valence-electron chi connectivity index (χ0n) is 19.5. The monoisotopic (exact) mass is 424 g/mol. The number of carbonyl (C=O) groups is 2. The average molecular weight is 425 g/mol. The van der Waals surface area contributed by atoms with Crippen LogP contribution in [0.3, 0.4) is 0 Å². The number of carbonyl (C=O) groups excluding carboxylic acids is 2. The van der Waals surface area contributed by atoms with Crippen molar-refractivity contribution in [3.05, 3.63) is 99.2 Å². The first-order valence-electron chi connectivity index (χ1n) is 10.8. The highest BCUT2D eigenvalue weighted by Crippen LogP contribution is 2.36. The van der Waals surface area contributed by atoms with Crippen LogP contribution in [-0.2, 0) is 9.59 Å². The fourth-order valence-corrected chi connectivity index (χ4v) is 4.10. The highest BCUT2D eigenvalue weighted by atomic mass is 16.2. The van der Waals surface area contributed by atoms with Crippen LogP contribution < -0.4 is 10.2 Å². The lowest BCUT2D eigenvalue weighted by molar-refractivity contribution is -0.120. The average Bonchev–Trinajstić information content (AvgIpc) is 2.98. The van der Waals surface area contributed by atoms with Crippen LogP contribution in [0.2, 0.25) is 0 Å². The summed E-state index contributed by atoms with van der Waals surface area (Å²) in [6, 6.07) is 17.6. The van der Waals surface area contributed by atoms with Gasteiger partial charge in [0, 0.05) is 5.69 Å². The Morgan fingerprint density at radius 1 is 0.688 bits per heavy atom. The van der Waals surface area contributed by atoms with Crippen LogP contribution in [0, 0.1) is 41.5 Å². The topological polar surface area (TPSA) is 49.4 Å². The van der Waals surface area contributed by atoms with Crippen LogP contribution in [0.5, 0.6) is 0 Å². The summed E-state index contributed by atoms with van der Waals surface area (Å²) in [6.07, 6.45) is 0. The first-order valence-corrected chi connectivity index (χ1v) is 10.8. The fraction of sp³-hybridized carbons (Fsp3) is 0.214. The van der Waals surface area contributed by atoms with Crippen LogP contribution >= 0.6 is 0 Å². The number of amides is 2. The van der Waals surface area contributed by atoms with Crippen molar-refractivity contribution >= 4 is 28.8 Å². The van der Waals surface area contributed by atoms with Crippen LogP contribution in [-0.4, -0.2) is 11.8 Å². The number of nitrogens with one attached hydrogen (secondary N) is 1. The van der Waals surface area contributed by atoms with Crippen molar-refractivity contribution in [2.24, 2.45) is 0 Å². The van der Waals surface area contributed by atoms with Crippen molar-refractivity contribution in [1.82, 2.24) is 0 Å². The molecular weight excluding hydrogens is 396 g/mol. The molecule has 2 amide bonds. The Bertz CT molecular complexity index is 1300. The molecule has 32 heavy (non-hydrogen) atoms. The minimum Gasteiger partial charge on any atom is -0.350 e. The maximum absolute atomic E-state index is 13.7. The normalized spacial score (nSPS) is 13.9. The first-order chi connectivity index (χ1) is 15.2. The summed E-state index contributed by atoms with van der Waals surface area (Å²) in [7, 11) is 0. The van der Waals surface area contributed by atoms with E-state index in [9.17, 15) is 9.59 Å². The van der Waals surface area contributed by atoms with Gasteiger partial charge in [-0.1, -0.05) is 48.0 Å². The van der Waals surface area contributed by atoms with Crippen LogP contribution in [0.4, 0.5) is 11.4 Å². The lowest BCUT2D eigenvalue weighted by Gasteiger charge is -2.19. The van der Waals surface area contributed by atoms with Crippen molar-refractivity contribution in [2.75, 3.05) is 10.2 Å². The van der Waals surface area contributed by atoms with Crippen molar-refractivity contribution in [3.63, 3.8) is 0 Å². The molecular formula is C28H28N2O2. The predicted octanol–water partition coefficient (Wildman–Crippen LogP) is 5.93. The Morgan fingerprint density at radius 2 is 1.44 bits per heavy atom. The van der Waals surface area contributed by atoms with Crippen LogP contribution in [0.1, 0.15) is 38.9 Å². The van der Waals surface area contributed by atoms with Crippen LogP contribution in [0.25, 0.3) is 5.57 Å². The second-order valence-electron chi connectivity index (χ2n) is 8.66. The summed E-state index contributed by atoms with van der Waals surface area (Å²) in [5.74, 6) is -0.642. The number of anilines is 2. The summed E-state index contributed by atoms with van der Waals surface area (Å²) >= 11 is 0. The van der Waals surface area contributed by atoms with Crippen molar-refractivity contribution in [1.29, 1.82) is 0 Å². The molecule has 0 aliphatic carbocycles. The molecule has 0 unspecified atom stereocenters. The second-order valence-corrected chi connectivity index (χ2v) is 8.66. The summed E-state index contributed by atoms with van der Waals surface area (Å²) < 4.78 is 0. The Kier molecular flexibility index (Phi) is 5.47. The largest absolute Gasteiger partial charge is 0.350 e. The molecule has 1 N–H and O–H groups in total. The van der Waals surface area contributed by atoms with E-state index in [4.69, 9.17) is 0 Å². The minimum atomic E-state index is -0.336. The lowest BCUT2D eigenvalue weighted by Crippen LogP contribution is -2.33. The van der Waals surface area contributed by atoms with E-state index in [1.54, 1.807) is 0 Å². The van der Waals surface area contributed by atoms with E-state index >= 15 is 0 Å². The van der Waals surface area contributed by atoms with Crippen molar-refractivity contribution < 1.29 is 9.59 Å². The Balaban J connectivity index is 1.89. The van der Waals surface area contributed by atoms with E-state index in [1.807, 2.05) is 90.1 Å². The molecule has 0 fully saturated rings. The Morgan fingerprint density at radius 3 is 2.12 bits per heavy atom. The maximum atomic E-state index is 13.7. The number of rotatable bonds is 4. The molecule has 1 aliphatic rings. The third-order valence-corrected chi connectivity index (χ3v) is 6.34. The summed E-state index contributed by atoms with van der Waals surface area (Å²) in [4.78, 5) is 28.7. The molecule has 0 saturated heterocycles. The first kappa shape index (κ1) is 21.6. The number of hydrogen-bond donors (Lipinski definition) is 1. The number of imide groups is 1. The van der Waals surface area contributed by atoms with Gasteiger partial charge in [0.25, 0.3) is 11.8 Å². The minimum absolute atomic E-state index is 0.306. The molecule has 0 spiro atoms. The molecule has 3 aromatic rings. The summed E-state index contributed by atoms with van der Waals surface area (Å²) in [6.45, 7) is 12.0. The standard InChI is InChI=1S/C28H28N2O2/c1-16-10-13-23(20(5)14-16)29-26-25(22-12-11-17(2)19(4)15-22)27(31)30(28(26)32)24-9-7-8-18(3)21(24)6/h7-15,29H,1-6H3. The number of hydrogen-bond acceptors (Lipinski definition) is 3. The van der Waals surface area contributed by atoms with Gasteiger partial charge in [-0.05, 0) is 87.1 Å². The molecule has 1 aliphatic heterocycles. The highest BCUT2D eigenvalue weighted by molar-refractivity contribution is 6.46. The van der Waals surface area contributed by atoms with Gasteiger partial charge >= 0.3 is 0 Å². The van der Waals surface area contributed by atoms with Gasteiger partial charge in [-0.25, -0.2) is 4.90 Å². The predicted molar refractivity (Wildman–Crippen MR) is 131 cm³/mol. The van der Waals surface area contributed by atoms with E-state index in [2.05, 4.69) is 11.4 Å². The van der Waals surface area contributed by atoms with E-state index in [0.29, 0.717) is 17.0 Å². The van der Waals surface area contributed by atoms with E-state index < -0.39 is 0 Å². The maximum Gasteiger partial charge on any atom is 0.282 e. The third-order valence-electron chi connectivity index (χ3n) is 6.34. The number of aryl methyl sites for hydroxylation is 5. The summed E-state index contributed by atoms with van der Waals surface area (Å²) in [5.41, 5.74) is 9.22. The van der Waals surface area contributed by atoms with Gasteiger partial charge in [-0.2, -0.15) is 0 Å². The molecule has 4 nitrogen and oxygen atoms in total. The van der Waals surface area contributed by atoms with Gasteiger partial charge in [-0.15, -0.1) is 0 Å². The third kappa shape index (κ3) is 3.62. The number of nitrogens with zero attached hydrogens (tertiary/aromatic N) is 1. The quantitative estimate of drug-likeness (QED) is 0.528. The molecule has 0 aromatic heterocycles. The Labute approximate surface area is 189 Å². The molecule has 0 bridgehead atoms. The molecule has 1 heterocycles. The molecule has 3 aromatic carbocycles. The molecule has 0 atom stereocenters. The second kappa shape index (κ2) is 8.12. The Hall–Kier alpha value is -3.66. The SMILES string of the molecule is Cc1ccc(NC2=C(c3ccc(C)c(C)c3)C(=O)N(c3cccc(C)c3C)C2=O)c(C)c1. The molecule has 0 saturated carbocycles. The van der Waals surface area contributed by atoms with Gasteiger partial charge in [0.15, 0.2) is 0 Å². The summed E-state index contributed by atoms with van der Waals surface area (Å²) in [5, 5.41) is 3.30. The zero-order chi connectivity index (χ0) is 23.2. The van der Waals surface area contributed by atoms with Gasteiger partial charge in [-0.3, -0.25) is 9.59 Å². The smallest absolute Gasteiger partial charge is 0.282 e. The number of benzene rings is 3. The van der Waals surface area contributed by atoms with Gasteiger partial charge < -0.3 is 5.32 Å². The van der Waals surface area contributed by atoms with Gasteiger partial charge in [0.05, 0.1) is 11.3 Å². The molecule has 4 heteroatoms. The highest BCUT2D eigenvalue weighted by Gasteiger charge is 2.41. The zero-order valence-corrected chi connectivity index (χ0v) is 19.5. The van der Waals surface area contributed by atoms with Crippen LogP contribution in [0.15, 0.2) is 60.3 Å². The van der Waals surface area contributed by atoms with E-state index in [1.165, 1.54) is 4.90 Å². The fourth-order valence-electron chi connectivity index (χ4n) is 4.10. The molecule has 4 rings (SSSR count). The van der Waals surface area contributed by atoms with E-state index in [0.717, 1.165) is 44.6 Å².